The lowest BCUT2D eigenvalue weighted by Crippen LogP contribution is -2.21. The summed E-state index contributed by atoms with van der Waals surface area (Å²) >= 11 is 0. The van der Waals surface area contributed by atoms with Crippen LogP contribution in [0.4, 0.5) is 0 Å². The molecule has 0 aliphatic rings. The summed E-state index contributed by atoms with van der Waals surface area (Å²) in [6.45, 7) is 2.21. The van der Waals surface area contributed by atoms with E-state index < -0.39 is 16.1 Å². The van der Waals surface area contributed by atoms with Crippen LogP contribution < -0.4 is 5.73 Å². The average molecular weight is 390 g/mol. The van der Waals surface area contributed by atoms with Crippen molar-refractivity contribution in [2.75, 3.05) is 12.3 Å². The summed E-state index contributed by atoms with van der Waals surface area (Å²) in [4.78, 5) is 11.4. The van der Waals surface area contributed by atoms with Crippen molar-refractivity contribution in [1.29, 1.82) is 0 Å². The monoisotopic (exact) mass is 389 g/mol. The summed E-state index contributed by atoms with van der Waals surface area (Å²) in [5.74, 6) is -0.985. The van der Waals surface area contributed by atoms with Gasteiger partial charge in [-0.3, -0.25) is 4.79 Å². The van der Waals surface area contributed by atoms with Crippen molar-refractivity contribution in [1.82, 2.24) is 0 Å². The second-order valence-electron chi connectivity index (χ2n) is 6.84. The van der Waals surface area contributed by atoms with Crippen molar-refractivity contribution in [3.05, 3.63) is 12.2 Å². The maximum Gasteiger partial charge on any atom is 0.322 e. The summed E-state index contributed by atoms with van der Waals surface area (Å²) in [7, 11) is -3.78. The molecule has 0 amide bonds. The van der Waals surface area contributed by atoms with E-state index in [1.54, 1.807) is 0 Å². The normalized spacial score (nSPS) is 11.9. The number of rotatable bonds is 18. The molecule has 0 aromatic heterocycles. The number of nitrogens with two attached hydrogens (primary N) is 1. The van der Waals surface area contributed by atoms with Gasteiger partial charge in [0.1, 0.15) is 0 Å². The number of carbonyl (C=O) groups excluding carboxylic acids is 1. The van der Waals surface area contributed by atoms with E-state index >= 15 is 0 Å². The minimum atomic E-state index is -3.78. The Morgan fingerprint density at radius 1 is 0.846 bits per heavy atom. The second kappa shape index (κ2) is 17.5. The van der Waals surface area contributed by atoms with Crippen LogP contribution in [-0.4, -0.2) is 26.7 Å². The predicted molar refractivity (Wildman–Crippen MR) is 108 cm³/mol. The number of carbonyl (C=O) groups is 1. The molecule has 0 saturated heterocycles. The van der Waals surface area contributed by atoms with Gasteiger partial charge in [-0.25, -0.2) is 0 Å². The molecule has 0 aliphatic carbocycles. The fourth-order valence-electron chi connectivity index (χ4n) is 2.71. The Kier molecular flexibility index (Phi) is 16.9. The molecule has 0 bridgehead atoms. The zero-order valence-electron chi connectivity index (χ0n) is 16.6. The molecule has 2 N–H and O–H groups in total. The molecule has 0 heterocycles. The number of allylic oxidation sites excluding steroid dienone is 2. The first-order chi connectivity index (χ1) is 12.5. The number of hydrogen-bond donors (Lipinski definition) is 1. The molecule has 0 atom stereocenters. The van der Waals surface area contributed by atoms with Gasteiger partial charge in [-0.2, -0.15) is 8.42 Å². The molecule has 0 unspecified atom stereocenters. The predicted octanol–water partition coefficient (Wildman–Crippen LogP) is 4.86. The van der Waals surface area contributed by atoms with Crippen LogP contribution in [0.3, 0.4) is 0 Å². The Morgan fingerprint density at radius 3 is 1.88 bits per heavy atom. The summed E-state index contributed by atoms with van der Waals surface area (Å²) < 4.78 is 27.0. The highest BCUT2D eigenvalue weighted by Gasteiger charge is 2.15. The molecule has 26 heavy (non-hydrogen) atoms. The van der Waals surface area contributed by atoms with Crippen LogP contribution in [0.25, 0.3) is 0 Å². The first-order valence-electron chi connectivity index (χ1n) is 10.3. The van der Waals surface area contributed by atoms with Crippen molar-refractivity contribution < 1.29 is 17.4 Å². The molecule has 0 rings (SSSR count). The zero-order valence-corrected chi connectivity index (χ0v) is 17.4. The summed E-state index contributed by atoms with van der Waals surface area (Å²) in [5.41, 5.74) is 5.15. The van der Waals surface area contributed by atoms with Gasteiger partial charge in [-0.05, 0) is 32.1 Å². The lowest BCUT2D eigenvalue weighted by atomic mass is 10.1. The van der Waals surface area contributed by atoms with Crippen LogP contribution in [0.5, 0.6) is 0 Å². The topological polar surface area (TPSA) is 86.5 Å². The summed E-state index contributed by atoms with van der Waals surface area (Å²) in [6, 6.07) is 0. The first kappa shape index (κ1) is 25.1. The Bertz CT molecular complexity index is 460. The third-order valence-corrected chi connectivity index (χ3v) is 5.41. The van der Waals surface area contributed by atoms with Crippen LogP contribution in [0.2, 0.25) is 0 Å². The SMILES string of the molecule is CCCCCCCC/C=C\CCCCCCCC(=O)OS(=O)(=O)CCN. The maximum atomic E-state index is 11.4. The van der Waals surface area contributed by atoms with Gasteiger partial charge in [0.15, 0.2) is 0 Å². The molecule has 0 fully saturated rings. The number of unbranched alkanes of at least 4 members (excludes halogenated alkanes) is 11. The Morgan fingerprint density at radius 2 is 1.35 bits per heavy atom. The lowest BCUT2D eigenvalue weighted by Gasteiger charge is -2.04. The van der Waals surface area contributed by atoms with Crippen LogP contribution in [0.1, 0.15) is 96.8 Å². The molecule has 0 aromatic carbocycles. The minimum absolute atomic E-state index is 0.0387. The molecule has 0 aromatic rings. The molecule has 5 nitrogen and oxygen atoms in total. The largest absolute Gasteiger partial charge is 0.346 e. The van der Waals surface area contributed by atoms with E-state index in [2.05, 4.69) is 23.3 Å². The maximum absolute atomic E-state index is 11.4. The van der Waals surface area contributed by atoms with Gasteiger partial charge in [0.25, 0.3) is 0 Å². The first-order valence-corrected chi connectivity index (χ1v) is 11.9. The highest BCUT2D eigenvalue weighted by Crippen LogP contribution is 2.10. The smallest absolute Gasteiger partial charge is 0.322 e. The van der Waals surface area contributed by atoms with Crippen molar-refractivity contribution in [2.24, 2.45) is 5.73 Å². The van der Waals surface area contributed by atoms with E-state index in [-0.39, 0.29) is 18.7 Å². The quantitative estimate of drug-likeness (QED) is 0.206. The van der Waals surface area contributed by atoms with Gasteiger partial charge in [-0.15, -0.1) is 0 Å². The third-order valence-electron chi connectivity index (χ3n) is 4.23. The molecular formula is C20H39NO4S. The van der Waals surface area contributed by atoms with E-state index in [0.29, 0.717) is 6.42 Å². The van der Waals surface area contributed by atoms with Crippen molar-refractivity contribution in [3.8, 4) is 0 Å². The van der Waals surface area contributed by atoms with Gasteiger partial charge < -0.3 is 9.92 Å². The van der Waals surface area contributed by atoms with Crippen LogP contribution in [-0.2, 0) is 19.1 Å². The molecule has 154 valence electrons. The van der Waals surface area contributed by atoms with E-state index in [4.69, 9.17) is 5.73 Å². The van der Waals surface area contributed by atoms with E-state index in [0.717, 1.165) is 25.7 Å². The highest BCUT2D eigenvalue weighted by atomic mass is 32.2. The molecule has 0 saturated carbocycles. The summed E-state index contributed by atoms with van der Waals surface area (Å²) in [6.07, 6.45) is 20.1. The standard InChI is InChI=1S/C20H39NO4S/c1-2-3-4-5-6-7-8-9-10-11-12-13-14-15-16-17-20(22)25-26(23,24)19-18-21/h9-10H,2-8,11-19,21H2,1H3/b10-9-. The molecule has 0 spiro atoms. The van der Waals surface area contributed by atoms with Crippen LogP contribution in [0.15, 0.2) is 12.2 Å². The van der Waals surface area contributed by atoms with Crippen molar-refractivity contribution in [3.63, 3.8) is 0 Å². The van der Waals surface area contributed by atoms with Gasteiger partial charge in [0, 0.05) is 13.0 Å². The lowest BCUT2D eigenvalue weighted by molar-refractivity contribution is -0.133. The Labute approximate surface area is 160 Å². The van der Waals surface area contributed by atoms with Gasteiger partial charge in [0.05, 0.1) is 5.75 Å². The molecule has 0 aliphatic heterocycles. The second-order valence-corrected chi connectivity index (χ2v) is 8.53. The van der Waals surface area contributed by atoms with Gasteiger partial charge in [0.2, 0.25) is 0 Å². The Hall–Kier alpha value is -0.880. The van der Waals surface area contributed by atoms with E-state index in [1.165, 1.54) is 51.4 Å². The molecule has 6 heteroatoms. The van der Waals surface area contributed by atoms with E-state index in [9.17, 15) is 13.2 Å². The van der Waals surface area contributed by atoms with Crippen LogP contribution in [0, 0.1) is 0 Å². The number of hydrogen-bond acceptors (Lipinski definition) is 5. The highest BCUT2D eigenvalue weighted by molar-refractivity contribution is 7.87. The Balaban J connectivity index is 3.38. The third kappa shape index (κ3) is 17.9. The van der Waals surface area contributed by atoms with Gasteiger partial charge in [-0.1, -0.05) is 70.4 Å². The molecular weight excluding hydrogens is 350 g/mol. The fourth-order valence-corrected chi connectivity index (χ4v) is 3.45. The minimum Gasteiger partial charge on any atom is -0.346 e. The summed E-state index contributed by atoms with van der Waals surface area (Å²) in [5, 5.41) is 0. The average Bonchev–Trinajstić information content (AvgIpc) is 2.57. The van der Waals surface area contributed by atoms with Crippen molar-refractivity contribution in [2.45, 2.75) is 96.8 Å². The van der Waals surface area contributed by atoms with Crippen molar-refractivity contribution >= 4 is 16.1 Å². The van der Waals surface area contributed by atoms with Gasteiger partial charge >= 0.3 is 16.1 Å². The zero-order chi connectivity index (χ0) is 19.5. The fraction of sp³-hybridized carbons (Fsp3) is 0.850. The molecule has 0 radical (unpaired) electrons. The van der Waals surface area contributed by atoms with E-state index in [1.807, 2.05) is 0 Å². The van der Waals surface area contributed by atoms with Crippen LogP contribution >= 0.6 is 0 Å².